The molecule has 43 heavy (non-hydrogen) atoms. The van der Waals surface area contributed by atoms with Crippen LogP contribution < -0.4 is 9.62 Å². The second kappa shape index (κ2) is 15.6. The lowest BCUT2D eigenvalue weighted by Gasteiger charge is -2.33. The number of carbonyl (C=O) groups is 2. The number of nitrogens with zero attached hydrogens (tertiary/aromatic N) is 2. The normalized spacial score (nSPS) is 12.8. The van der Waals surface area contributed by atoms with Gasteiger partial charge < -0.3 is 10.2 Å². The van der Waals surface area contributed by atoms with E-state index in [0.29, 0.717) is 21.3 Å². The molecule has 0 aliphatic heterocycles. The zero-order chi connectivity index (χ0) is 31.7. The molecule has 3 aromatic carbocycles. The van der Waals surface area contributed by atoms with Gasteiger partial charge >= 0.3 is 0 Å². The lowest BCUT2D eigenvalue weighted by atomic mass is 10.0. The molecule has 0 saturated carbocycles. The Morgan fingerprint density at radius 3 is 2.16 bits per heavy atom. The van der Waals surface area contributed by atoms with Crippen molar-refractivity contribution in [2.24, 2.45) is 0 Å². The maximum absolute atomic E-state index is 14.0. The number of benzene rings is 3. The monoisotopic (exact) mass is 645 g/mol. The Morgan fingerprint density at radius 1 is 0.930 bits per heavy atom. The number of sulfonamides is 1. The summed E-state index contributed by atoms with van der Waals surface area (Å²) in [4.78, 5) is 29.3. The van der Waals surface area contributed by atoms with Gasteiger partial charge in [0.2, 0.25) is 21.8 Å². The topological polar surface area (TPSA) is 86.8 Å². The fraction of sp³-hybridized carbons (Fsp3) is 0.394. The average Bonchev–Trinajstić information content (AvgIpc) is 2.95. The van der Waals surface area contributed by atoms with Crippen LogP contribution in [0.2, 0.25) is 10.0 Å². The molecule has 2 atom stereocenters. The Kier molecular flexibility index (Phi) is 12.5. The van der Waals surface area contributed by atoms with E-state index in [9.17, 15) is 18.0 Å². The highest BCUT2D eigenvalue weighted by Crippen LogP contribution is 2.28. The molecule has 0 spiro atoms. The molecule has 1 N–H and O–H groups in total. The smallest absolute Gasteiger partial charge is 0.243 e. The lowest BCUT2D eigenvalue weighted by molar-refractivity contribution is -0.141. The number of amides is 2. The van der Waals surface area contributed by atoms with E-state index in [1.807, 2.05) is 70.2 Å². The van der Waals surface area contributed by atoms with Crippen molar-refractivity contribution in [3.63, 3.8) is 0 Å². The molecular weight excluding hydrogens is 605 g/mol. The maximum Gasteiger partial charge on any atom is 0.243 e. The molecule has 0 bridgehead atoms. The van der Waals surface area contributed by atoms with Crippen molar-refractivity contribution in [3.8, 4) is 0 Å². The molecule has 0 heterocycles. The van der Waals surface area contributed by atoms with Gasteiger partial charge in [-0.15, -0.1) is 0 Å². The zero-order valence-electron chi connectivity index (χ0n) is 25.4. The number of rotatable bonds is 14. The summed E-state index contributed by atoms with van der Waals surface area (Å²) in [6.07, 6.45) is 2.44. The Balaban J connectivity index is 1.94. The molecule has 0 aliphatic rings. The van der Waals surface area contributed by atoms with Crippen LogP contribution >= 0.6 is 23.2 Å². The fourth-order valence-electron chi connectivity index (χ4n) is 4.73. The Bertz CT molecular complexity index is 1500. The average molecular weight is 647 g/mol. The molecule has 232 valence electrons. The van der Waals surface area contributed by atoms with Gasteiger partial charge in [-0.25, -0.2) is 8.42 Å². The summed E-state index contributed by atoms with van der Waals surface area (Å²) >= 11 is 13.0. The number of hydrogen-bond donors (Lipinski definition) is 1. The van der Waals surface area contributed by atoms with Crippen LogP contribution in [0.4, 0.5) is 5.69 Å². The summed E-state index contributed by atoms with van der Waals surface area (Å²) in [5.41, 5.74) is 4.02. The first kappa shape index (κ1) is 34.4. The van der Waals surface area contributed by atoms with Gasteiger partial charge in [0.25, 0.3) is 0 Å². The quantitative estimate of drug-likeness (QED) is 0.211. The van der Waals surface area contributed by atoms with Gasteiger partial charge in [-0.2, -0.15) is 0 Å². The van der Waals surface area contributed by atoms with Crippen molar-refractivity contribution in [2.75, 3.05) is 17.1 Å². The highest BCUT2D eigenvalue weighted by atomic mass is 35.5. The molecule has 3 rings (SSSR count). The van der Waals surface area contributed by atoms with E-state index < -0.39 is 16.1 Å². The van der Waals surface area contributed by atoms with E-state index in [0.717, 1.165) is 29.4 Å². The molecule has 3 aromatic rings. The standard InChI is InChI=1S/C33H41Cl2N3O4S/c1-6-25(4)36-33(40)31(21-26-12-8-7-9-13-26)37(22-28-29(34)14-10-15-30(28)35)32(39)16-11-19-38(43(5,41)42)27-18-17-23(2)24(3)20-27/h7-10,12-15,17-18,20,25,31H,6,11,16,19,21-22H2,1-5H3,(H,36,40)/t25-,31-/m0/s1. The lowest BCUT2D eigenvalue weighted by Crippen LogP contribution is -2.52. The zero-order valence-corrected chi connectivity index (χ0v) is 27.8. The van der Waals surface area contributed by atoms with E-state index in [2.05, 4.69) is 5.32 Å². The van der Waals surface area contributed by atoms with Crippen LogP contribution in [-0.4, -0.2) is 50.0 Å². The van der Waals surface area contributed by atoms with Crippen molar-refractivity contribution in [2.45, 2.75) is 72.0 Å². The van der Waals surface area contributed by atoms with E-state index in [-0.39, 0.29) is 50.2 Å². The van der Waals surface area contributed by atoms with Crippen LogP contribution in [0.25, 0.3) is 0 Å². The molecular formula is C33H41Cl2N3O4S. The van der Waals surface area contributed by atoms with Gasteiger partial charge in [-0.05, 0) is 74.6 Å². The predicted octanol–water partition coefficient (Wildman–Crippen LogP) is 6.71. The highest BCUT2D eigenvalue weighted by Gasteiger charge is 2.32. The summed E-state index contributed by atoms with van der Waals surface area (Å²) < 4.78 is 26.8. The first-order valence-corrected chi connectivity index (χ1v) is 17.0. The number of nitrogens with one attached hydrogen (secondary N) is 1. The third-order valence-corrected chi connectivity index (χ3v) is 9.50. The van der Waals surface area contributed by atoms with Crippen molar-refractivity contribution in [1.82, 2.24) is 10.2 Å². The molecule has 7 nitrogen and oxygen atoms in total. The molecule has 0 saturated heterocycles. The van der Waals surface area contributed by atoms with Crippen molar-refractivity contribution in [1.29, 1.82) is 0 Å². The van der Waals surface area contributed by atoms with Crippen LogP contribution in [0, 0.1) is 13.8 Å². The summed E-state index contributed by atoms with van der Waals surface area (Å²) in [6, 6.07) is 19.2. The summed E-state index contributed by atoms with van der Waals surface area (Å²) in [5, 5.41) is 3.82. The van der Waals surface area contributed by atoms with Crippen LogP contribution in [-0.2, 0) is 32.6 Å². The molecule has 0 aromatic heterocycles. The van der Waals surface area contributed by atoms with Crippen molar-refractivity contribution in [3.05, 3.63) is 99.0 Å². The van der Waals surface area contributed by atoms with Gasteiger partial charge in [0.05, 0.1) is 11.9 Å². The Labute approximate surface area is 266 Å². The third-order valence-electron chi connectivity index (χ3n) is 7.59. The summed E-state index contributed by atoms with van der Waals surface area (Å²) in [5.74, 6) is -0.577. The van der Waals surface area contributed by atoms with Crippen molar-refractivity contribution >= 4 is 50.7 Å². The minimum Gasteiger partial charge on any atom is -0.352 e. The number of aryl methyl sites for hydroxylation is 2. The number of halogens is 2. The Hall–Kier alpha value is -3.07. The molecule has 10 heteroatoms. The SMILES string of the molecule is CC[C@H](C)NC(=O)[C@H](Cc1ccccc1)N(Cc1c(Cl)cccc1Cl)C(=O)CCCN(c1ccc(C)c(C)c1)S(C)(=O)=O. The third kappa shape index (κ3) is 9.71. The van der Waals surface area contributed by atoms with E-state index >= 15 is 0 Å². The van der Waals surface area contributed by atoms with Crippen molar-refractivity contribution < 1.29 is 18.0 Å². The van der Waals surface area contributed by atoms with Crippen LogP contribution in [0.15, 0.2) is 66.7 Å². The van der Waals surface area contributed by atoms with Gasteiger partial charge in [-0.1, -0.05) is 72.6 Å². The van der Waals surface area contributed by atoms with E-state index in [4.69, 9.17) is 23.2 Å². The summed E-state index contributed by atoms with van der Waals surface area (Å²) in [7, 11) is -3.60. The van der Waals surface area contributed by atoms with Gasteiger partial charge in [0.15, 0.2) is 0 Å². The fourth-order valence-corrected chi connectivity index (χ4v) is 6.21. The van der Waals surface area contributed by atoms with Crippen LogP contribution in [0.5, 0.6) is 0 Å². The maximum atomic E-state index is 14.0. The van der Waals surface area contributed by atoms with Gasteiger partial charge in [-0.3, -0.25) is 13.9 Å². The minimum atomic E-state index is -3.60. The molecule has 0 radical (unpaired) electrons. The molecule has 0 unspecified atom stereocenters. The number of anilines is 1. The second-order valence-corrected chi connectivity index (χ2v) is 13.7. The molecule has 0 fully saturated rings. The first-order chi connectivity index (χ1) is 20.3. The molecule has 0 aliphatic carbocycles. The van der Waals surface area contributed by atoms with Gasteiger partial charge in [0.1, 0.15) is 6.04 Å². The van der Waals surface area contributed by atoms with E-state index in [1.165, 1.54) is 9.21 Å². The largest absolute Gasteiger partial charge is 0.352 e. The second-order valence-electron chi connectivity index (χ2n) is 11.0. The number of carbonyl (C=O) groups excluding carboxylic acids is 2. The predicted molar refractivity (Wildman–Crippen MR) is 176 cm³/mol. The first-order valence-electron chi connectivity index (χ1n) is 14.4. The number of hydrogen-bond acceptors (Lipinski definition) is 4. The molecule has 2 amide bonds. The Morgan fingerprint density at radius 2 is 1.58 bits per heavy atom. The minimum absolute atomic E-state index is 0.0147. The van der Waals surface area contributed by atoms with E-state index in [1.54, 1.807) is 24.3 Å². The highest BCUT2D eigenvalue weighted by molar-refractivity contribution is 7.92. The van der Waals surface area contributed by atoms with Gasteiger partial charge in [0, 0.05) is 47.6 Å². The summed E-state index contributed by atoms with van der Waals surface area (Å²) in [6.45, 7) is 7.92. The van der Waals surface area contributed by atoms with Crippen LogP contribution in [0.1, 0.15) is 55.4 Å². The van der Waals surface area contributed by atoms with Crippen LogP contribution in [0.3, 0.4) is 0 Å².